The standard InChI is InChI=1S/C16H12N.C14H26O2.Ir/c1-12-6-5-9-16-14(12)10-11-15(17-16)13-7-3-2-4-8-13;1-3-9-6-5-7-11-8-10(4-2)14(16)12(11)13(9)15;/h2-7,9-11H,1H3;9-16H,3-8H2,1-2H3;/q-1;;/t;9-,10+,11?,12?,13?,14?;/m.0./s1. The summed E-state index contributed by atoms with van der Waals surface area (Å²) in [5.41, 5.74) is 4.32. The summed E-state index contributed by atoms with van der Waals surface area (Å²) >= 11 is 0. The van der Waals surface area contributed by atoms with Crippen LogP contribution in [0.3, 0.4) is 0 Å². The predicted molar refractivity (Wildman–Crippen MR) is 136 cm³/mol. The molecular weight excluding hydrogens is 599 g/mol. The van der Waals surface area contributed by atoms with Crippen molar-refractivity contribution in [2.45, 2.75) is 71.5 Å². The van der Waals surface area contributed by atoms with Gasteiger partial charge in [0.25, 0.3) is 0 Å². The number of pyridine rings is 1. The first-order chi connectivity index (χ1) is 16.0. The first kappa shape index (κ1) is 27.0. The van der Waals surface area contributed by atoms with Crippen molar-refractivity contribution in [3.05, 3.63) is 66.2 Å². The van der Waals surface area contributed by atoms with Gasteiger partial charge in [-0.25, -0.2) is 0 Å². The summed E-state index contributed by atoms with van der Waals surface area (Å²) in [4.78, 5) is 4.68. The van der Waals surface area contributed by atoms with Gasteiger partial charge in [-0.2, -0.15) is 0 Å². The zero-order chi connectivity index (χ0) is 23.4. The van der Waals surface area contributed by atoms with Crippen molar-refractivity contribution >= 4 is 10.9 Å². The number of aliphatic hydroxyl groups is 2. The normalized spacial score (nSPS) is 28.3. The van der Waals surface area contributed by atoms with Crippen LogP contribution in [0.4, 0.5) is 0 Å². The second-order valence-electron chi connectivity index (χ2n) is 9.94. The Morgan fingerprint density at radius 1 is 0.912 bits per heavy atom. The van der Waals surface area contributed by atoms with E-state index in [1.54, 1.807) is 0 Å². The third-order valence-electron chi connectivity index (χ3n) is 8.04. The van der Waals surface area contributed by atoms with Gasteiger partial charge in [-0.3, -0.25) is 4.98 Å². The number of nitrogens with zero attached hydrogens (tertiary/aromatic N) is 1. The minimum Gasteiger partial charge on any atom is -0.392 e. The van der Waals surface area contributed by atoms with Crippen LogP contribution in [-0.4, -0.2) is 27.4 Å². The number of benzene rings is 2. The van der Waals surface area contributed by atoms with Gasteiger partial charge in [0, 0.05) is 31.4 Å². The number of aliphatic hydroxyl groups excluding tert-OH is 2. The Morgan fingerprint density at radius 3 is 2.38 bits per heavy atom. The second-order valence-corrected chi connectivity index (χ2v) is 9.94. The monoisotopic (exact) mass is 637 g/mol. The topological polar surface area (TPSA) is 53.4 Å². The maximum atomic E-state index is 10.4. The van der Waals surface area contributed by atoms with E-state index < -0.39 is 0 Å². The van der Waals surface area contributed by atoms with Crippen molar-refractivity contribution in [3.63, 3.8) is 0 Å². The van der Waals surface area contributed by atoms with Crippen LogP contribution < -0.4 is 0 Å². The van der Waals surface area contributed by atoms with E-state index in [1.165, 1.54) is 23.8 Å². The number of aryl methyl sites for hydroxylation is 1. The van der Waals surface area contributed by atoms with Gasteiger partial charge >= 0.3 is 0 Å². The van der Waals surface area contributed by atoms with E-state index in [-0.39, 0.29) is 38.2 Å². The molecule has 185 valence electrons. The van der Waals surface area contributed by atoms with Crippen LogP contribution in [0.2, 0.25) is 0 Å². The number of fused-ring (bicyclic) bond motifs is 2. The molecule has 3 aromatic rings. The van der Waals surface area contributed by atoms with Crippen LogP contribution in [0.5, 0.6) is 0 Å². The number of aromatic nitrogens is 1. The molecule has 4 heteroatoms. The summed E-state index contributed by atoms with van der Waals surface area (Å²) in [6.45, 7) is 6.42. The number of hydrogen-bond donors (Lipinski definition) is 2. The first-order valence-electron chi connectivity index (χ1n) is 12.7. The van der Waals surface area contributed by atoms with E-state index in [9.17, 15) is 10.2 Å². The predicted octanol–water partition coefficient (Wildman–Crippen LogP) is 6.59. The number of rotatable bonds is 3. The molecule has 34 heavy (non-hydrogen) atoms. The van der Waals surface area contributed by atoms with E-state index >= 15 is 0 Å². The molecule has 4 unspecified atom stereocenters. The van der Waals surface area contributed by atoms with Crippen molar-refractivity contribution in [1.29, 1.82) is 0 Å². The zero-order valence-corrected chi connectivity index (χ0v) is 23.0. The Balaban J connectivity index is 0.000000186. The van der Waals surface area contributed by atoms with Crippen LogP contribution in [0.25, 0.3) is 22.2 Å². The molecule has 0 aliphatic heterocycles. The van der Waals surface area contributed by atoms with Crippen molar-refractivity contribution in [1.82, 2.24) is 4.98 Å². The molecular formula is C30H38IrNO2-. The Hall–Kier alpha value is -1.58. The van der Waals surface area contributed by atoms with Gasteiger partial charge in [0.1, 0.15) is 0 Å². The fourth-order valence-corrected chi connectivity index (χ4v) is 6.06. The summed E-state index contributed by atoms with van der Waals surface area (Å²) in [6, 6.07) is 21.5. The molecule has 1 heterocycles. The van der Waals surface area contributed by atoms with E-state index in [2.05, 4.69) is 56.1 Å². The average molecular weight is 637 g/mol. The van der Waals surface area contributed by atoms with Crippen molar-refractivity contribution < 1.29 is 30.3 Å². The fraction of sp³-hybridized carbons (Fsp3) is 0.500. The van der Waals surface area contributed by atoms with Gasteiger partial charge in [-0.15, -0.1) is 35.9 Å². The molecule has 1 radical (unpaired) electrons. The molecule has 0 spiro atoms. The van der Waals surface area contributed by atoms with Crippen LogP contribution in [0.1, 0.15) is 57.9 Å². The Bertz CT molecular complexity index is 1040. The molecule has 2 N–H and O–H groups in total. The van der Waals surface area contributed by atoms with Gasteiger partial charge in [0.05, 0.1) is 17.7 Å². The molecule has 1 aromatic heterocycles. The van der Waals surface area contributed by atoms with E-state index in [4.69, 9.17) is 0 Å². The van der Waals surface area contributed by atoms with Crippen molar-refractivity contribution in [2.24, 2.45) is 23.7 Å². The SMILES string of the molecule is CC[C@@H]1CC2CCC[C@H](CC)C(O)C2C1O.Cc1cccc2nc(-c3[c-]cccc3)ccc12.[Ir]. The first-order valence-corrected chi connectivity index (χ1v) is 12.7. The molecule has 0 saturated heterocycles. The van der Waals surface area contributed by atoms with Gasteiger partial charge < -0.3 is 10.2 Å². The zero-order valence-electron chi connectivity index (χ0n) is 20.6. The molecule has 3 nitrogen and oxygen atoms in total. The maximum Gasteiger partial charge on any atom is 0.0623 e. The average Bonchev–Trinajstić information content (AvgIpc) is 3.07. The van der Waals surface area contributed by atoms with Crippen molar-refractivity contribution in [3.8, 4) is 11.3 Å². The van der Waals surface area contributed by atoms with Crippen LogP contribution in [0, 0.1) is 36.7 Å². The summed E-state index contributed by atoms with van der Waals surface area (Å²) in [6.07, 6.45) is 6.32. The van der Waals surface area contributed by atoms with Crippen LogP contribution in [-0.2, 0) is 20.1 Å². The minimum absolute atomic E-state index is 0. The van der Waals surface area contributed by atoms with Gasteiger partial charge in [0.2, 0.25) is 0 Å². The molecule has 2 saturated carbocycles. The Labute approximate surface area is 218 Å². The van der Waals surface area contributed by atoms with E-state index in [0.29, 0.717) is 17.8 Å². The number of hydrogen-bond acceptors (Lipinski definition) is 3. The van der Waals surface area contributed by atoms with Gasteiger partial charge in [-0.05, 0) is 61.3 Å². The van der Waals surface area contributed by atoms with E-state index in [1.807, 2.05) is 30.3 Å². The Morgan fingerprint density at radius 2 is 1.68 bits per heavy atom. The fourth-order valence-electron chi connectivity index (χ4n) is 6.06. The molecule has 0 amide bonds. The molecule has 0 bridgehead atoms. The largest absolute Gasteiger partial charge is 0.392 e. The summed E-state index contributed by atoms with van der Waals surface area (Å²) in [5.74, 6) is 1.59. The van der Waals surface area contributed by atoms with Gasteiger partial charge in [0.15, 0.2) is 0 Å². The second kappa shape index (κ2) is 12.4. The third-order valence-corrected chi connectivity index (χ3v) is 8.04. The molecule has 2 fully saturated rings. The molecule has 5 rings (SSSR count). The summed E-state index contributed by atoms with van der Waals surface area (Å²) < 4.78 is 0. The minimum atomic E-state index is -0.260. The van der Waals surface area contributed by atoms with Crippen LogP contribution >= 0.6 is 0 Å². The smallest absolute Gasteiger partial charge is 0.0623 e. The maximum absolute atomic E-state index is 10.4. The van der Waals surface area contributed by atoms with E-state index in [0.717, 1.165) is 42.5 Å². The summed E-state index contributed by atoms with van der Waals surface area (Å²) in [5, 5.41) is 22.0. The van der Waals surface area contributed by atoms with Crippen molar-refractivity contribution in [2.75, 3.05) is 0 Å². The molecule has 2 aromatic carbocycles. The quantitative estimate of drug-likeness (QED) is 0.319. The summed E-state index contributed by atoms with van der Waals surface area (Å²) in [7, 11) is 0. The van der Waals surface area contributed by atoms with Crippen LogP contribution in [0.15, 0.2) is 54.6 Å². The third kappa shape index (κ3) is 5.79. The molecule has 6 atom stereocenters. The van der Waals surface area contributed by atoms with Gasteiger partial charge in [-0.1, -0.05) is 57.4 Å². The molecule has 2 aliphatic carbocycles. The Kier molecular flexibility index (Phi) is 9.85. The molecule has 2 aliphatic rings.